The Kier molecular flexibility index (Phi) is 4.21. The molecule has 5 heteroatoms. The zero-order valence-electron chi connectivity index (χ0n) is 15.0. The van der Waals surface area contributed by atoms with Crippen molar-refractivity contribution in [2.24, 2.45) is 0 Å². The van der Waals surface area contributed by atoms with E-state index >= 15 is 0 Å². The molecule has 0 fully saturated rings. The van der Waals surface area contributed by atoms with E-state index in [1.54, 1.807) is 4.57 Å². The highest BCUT2D eigenvalue weighted by Gasteiger charge is 2.17. The van der Waals surface area contributed by atoms with Gasteiger partial charge in [-0.25, -0.2) is 9.78 Å². The van der Waals surface area contributed by atoms with Gasteiger partial charge in [-0.3, -0.25) is 9.13 Å². The molecule has 0 N–H and O–H groups in total. The molecule has 2 heterocycles. The van der Waals surface area contributed by atoms with E-state index in [1.807, 2.05) is 66.1 Å². The molecule has 0 aliphatic carbocycles. The second-order valence-electron chi connectivity index (χ2n) is 6.40. The molecule has 2 aromatic carbocycles. The Morgan fingerprint density at radius 1 is 0.962 bits per heavy atom. The number of imidazole rings is 1. The van der Waals surface area contributed by atoms with Gasteiger partial charge in [-0.05, 0) is 37.6 Å². The van der Waals surface area contributed by atoms with Crippen molar-refractivity contribution < 1.29 is 4.42 Å². The molecule has 0 aliphatic rings. The summed E-state index contributed by atoms with van der Waals surface area (Å²) < 4.78 is 9.46. The first-order valence-corrected chi connectivity index (χ1v) is 8.89. The van der Waals surface area contributed by atoms with Crippen molar-refractivity contribution in [3.05, 3.63) is 76.5 Å². The summed E-state index contributed by atoms with van der Waals surface area (Å²) in [4.78, 5) is 17.6. The van der Waals surface area contributed by atoms with Crippen LogP contribution in [0.3, 0.4) is 0 Å². The Hall–Kier alpha value is -3.08. The van der Waals surface area contributed by atoms with E-state index in [0.29, 0.717) is 19.0 Å². The van der Waals surface area contributed by atoms with Gasteiger partial charge < -0.3 is 4.42 Å². The maximum absolute atomic E-state index is 12.9. The van der Waals surface area contributed by atoms with E-state index in [0.717, 1.165) is 34.5 Å². The molecule has 0 amide bonds. The summed E-state index contributed by atoms with van der Waals surface area (Å²) in [6, 6.07) is 17.7. The normalized spacial score (nSPS) is 11.3. The third-order valence-electron chi connectivity index (χ3n) is 4.59. The van der Waals surface area contributed by atoms with Gasteiger partial charge in [0.25, 0.3) is 0 Å². The van der Waals surface area contributed by atoms with Crippen molar-refractivity contribution in [1.82, 2.24) is 14.1 Å². The Labute approximate surface area is 151 Å². The van der Waals surface area contributed by atoms with Crippen LogP contribution in [-0.2, 0) is 13.1 Å². The first kappa shape index (κ1) is 16.4. The van der Waals surface area contributed by atoms with Gasteiger partial charge in [-0.2, -0.15) is 0 Å². The van der Waals surface area contributed by atoms with E-state index in [9.17, 15) is 4.79 Å². The average Bonchev–Trinajstić information content (AvgIpc) is 3.16. The molecule has 132 valence electrons. The van der Waals surface area contributed by atoms with Crippen LogP contribution in [0.1, 0.15) is 24.8 Å². The van der Waals surface area contributed by atoms with Gasteiger partial charge in [0.1, 0.15) is 11.5 Å². The summed E-state index contributed by atoms with van der Waals surface area (Å²) >= 11 is 0. The third-order valence-corrected chi connectivity index (χ3v) is 4.59. The first-order chi connectivity index (χ1) is 12.7. The number of aromatic nitrogens is 3. The van der Waals surface area contributed by atoms with E-state index < -0.39 is 0 Å². The number of aryl methyl sites for hydroxylation is 2. The van der Waals surface area contributed by atoms with Crippen LogP contribution >= 0.6 is 0 Å². The fourth-order valence-electron chi connectivity index (χ4n) is 3.29. The van der Waals surface area contributed by atoms with E-state index in [-0.39, 0.29) is 5.69 Å². The van der Waals surface area contributed by atoms with Gasteiger partial charge in [-0.1, -0.05) is 37.3 Å². The van der Waals surface area contributed by atoms with Crippen LogP contribution in [0.15, 0.2) is 63.8 Å². The van der Waals surface area contributed by atoms with Crippen LogP contribution in [-0.4, -0.2) is 14.1 Å². The number of benzene rings is 2. The Morgan fingerprint density at radius 2 is 1.62 bits per heavy atom. The summed E-state index contributed by atoms with van der Waals surface area (Å²) in [5.74, 6) is 1.33. The largest absolute Gasteiger partial charge is 0.441 e. The highest BCUT2D eigenvalue weighted by molar-refractivity contribution is 5.76. The molecule has 5 nitrogen and oxygen atoms in total. The minimum atomic E-state index is -0.00305. The van der Waals surface area contributed by atoms with Crippen molar-refractivity contribution in [1.29, 1.82) is 0 Å². The van der Waals surface area contributed by atoms with E-state index in [2.05, 4.69) is 11.9 Å². The molecule has 4 rings (SSSR count). The predicted octanol–water partition coefficient (Wildman–Crippen LogP) is 4.22. The van der Waals surface area contributed by atoms with Crippen molar-refractivity contribution in [3.8, 4) is 11.5 Å². The van der Waals surface area contributed by atoms with Crippen LogP contribution in [0, 0.1) is 6.92 Å². The SMILES string of the molecule is CCCn1c(=O)n(Cc2nc(-c3ccccc3)oc2C)c2ccccc21. The van der Waals surface area contributed by atoms with Crippen molar-refractivity contribution in [3.63, 3.8) is 0 Å². The molecule has 0 atom stereocenters. The molecule has 0 spiro atoms. The predicted molar refractivity (Wildman–Crippen MR) is 102 cm³/mol. The van der Waals surface area contributed by atoms with Crippen LogP contribution in [0.25, 0.3) is 22.5 Å². The molecule has 26 heavy (non-hydrogen) atoms. The van der Waals surface area contributed by atoms with E-state index in [1.165, 1.54) is 0 Å². The molecule has 0 saturated heterocycles. The molecule has 2 aromatic heterocycles. The topological polar surface area (TPSA) is 53.0 Å². The summed E-state index contributed by atoms with van der Waals surface area (Å²) in [7, 11) is 0. The fourth-order valence-corrected chi connectivity index (χ4v) is 3.29. The van der Waals surface area contributed by atoms with Crippen molar-refractivity contribution in [2.45, 2.75) is 33.4 Å². The number of para-hydroxylation sites is 2. The number of fused-ring (bicyclic) bond motifs is 1. The van der Waals surface area contributed by atoms with Crippen LogP contribution in [0.2, 0.25) is 0 Å². The average molecular weight is 347 g/mol. The maximum atomic E-state index is 12.9. The Morgan fingerprint density at radius 3 is 2.31 bits per heavy atom. The Balaban J connectivity index is 1.78. The van der Waals surface area contributed by atoms with Crippen LogP contribution in [0.5, 0.6) is 0 Å². The minimum Gasteiger partial charge on any atom is -0.441 e. The number of rotatable bonds is 5. The summed E-state index contributed by atoms with van der Waals surface area (Å²) in [5.41, 5.74) is 3.60. The second-order valence-corrected chi connectivity index (χ2v) is 6.40. The first-order valence-electron chi connectivity index (χ1n) is 8.89. The molecule has 0 radical (unpaired) electrons. The summed E-state index contributed by atoms with van der Waals surface area (Å²) in [6.45, 7) is 5.08. The monoisotopic (exact) mass is 347 g/mol. The minimum absolute atomic E-state index is 0.00305. The van der Waals surface area contributed by atoms with Crippen LogP contribution < -0.4 is 5.69 Å². The molecular formula is C21H21N3O2. The lowest BCUT2D eigenvalue weighted by atomic mass is 10.2. The van der Waals surface area contributed by atoms with Gasteiger partial charge in [0.2, 0.25) is 5.89 Å². The number of hydrogen-bond donors (Lipinski definition) is 0. The molecule has 0 saturated carbocycles. The van der Waals surface area contributed by atoms with E-state index in [4.69, 9.17) is 4.42 Å². The third kappa shape index (κ3) is 2.75. The van der Waals surface area contributed by atoms with Gasteiger partial charge in [-0.15, -0.1) is 0 Å². The lowest BCUT2D eigenvalue weighted by Crippen LogP contribution is -2.25. The molecular weight excluding hydrogens is 326 g/mol. The highest BCUT2D eigenvalue weighted by atomic mass is 16.4. The summed E-state index contributed by atoms with van der Waals surface area (Å²) in [6.07, 6.45) is 0.912. The van der Waals surface area contributed by atoms with Crippen molar-refractivity contribution in [2.75, 3.05) is 0 Å². The molecule has 0 unspecified atom stereocenters. The lowest BCUT2D eigenvalue weighted by molar-refractivity contribution is 0.537. The van der Waals surface area contributed by atoms with Crippen LogP contribution in [0.4, 0.5) is 0 Å². The number of hydrogen-bond acceptors (Lipinski definition) is 3. The van der Waals surface area contributed by atoms with Gasteiger partial charge in [0, 0.05) is 12.1 Å². The smallest absolute Gasteiger partial charge is 0.329 e. The number of oxazole rings is 1. The second kappa shape index (κ2) is 6.67. The highest BCUT2D eigenvalue weighted by Crippen LogP contribution is 2.23. The quantitative estimate of drug-likeness (QED) is 0.543. The lowest BCUT2D eigenvalue weighted by Gasteiger charge is -2.00. The number of nitrogens with zero attached hydrogens (tertiary/aromatic N) is 3. The molecule has 4 aromatic rings. The van der Waals surface area contributed by atoms with Gasteiger partial charge in [0.15, 0.2) is 0 Å². The summed E-state index contributed by atoms with van der Waals surface area (Å²) in [5, 5.41) is 0. The standard InChI is InChI=1S/C21H21N3O2/c1-3-13-23-18-11-7-8-12-19(18)24(21(23)25)14-17-15(2)26-20(22-17)16-9-5-4-6-10-16/h4-12H,3,13-14H2,1-2H3. The van der Waals surface area contributed by atoms with Crippen molar-refractivity contribution >= 4 is 11.0 Å². The molecule has 0 aliphatic heterocycles. The Bertz CT molecular complexity index is 1100. The fraction of sp³-hybridized carbons (Fsp3) is 0.238. The molecule has 0 bridgehead atoms. The maximum Gasteiger partial charge on any atom is 0.329 e. The zero-order valence-corrected chi connectivity index (χ0v) is 15.0. The zero-order chi connectivity index (χ0) is 18.1. The van der Waals surface area contributed by atoms with Gasteiger partial charge >= 0.3 is 5.69 Å². The van der Waals surface area contributed by atoms with Gasteiger partial charge in [0.05, 0.1) is 17.6 Å².